The summed E-state index contributed by atoms with van der Waals surface area (Å²) in [5, 5.41) is 17.7. The second-order valence-electron chi connectivity index (χ2n) is 6.21. The fraction of sp³-hybridized carbons (Fsp3) is 0.143. The number of carbonyl (C=O) groups excluding carboxylic acids is 1. The number of anilines is 2. The average molecular weight is 442 g/mol. The fourth-order valence-corrected chi connectivity index (χ4v) is 4.27. The van der Waals surface area contributed by atoms with Crippen LogP contribution in [-0.4, -0.2) is 22.6 Å². The summed E-state index contributed by atoms with van der Waals surface area (Å²) < 4.78 is 5.28. The Kier molecular flexibility index (Phi) is 6.76. The van der Waals surface area contributed by atoms with Crippen molar-refractivity contribution in [2.24, 2.45) is 0 Å². The van der Waals surface area contributed by atoms with Gasteiger partial charge in [0, 0.05) is 28.3 Å². The van der Waals surface area contributed by atoms with Crippen LogP contribution in [0.15, 0.2) is 54.6 Å². The summed E-state index contributed by atoms with van der Waals surface area (Å²) >= 11 is 6.79. The Hall–Kier alpha value is -3.30. The van der Waals surface area contributed by atoms with Crippen molar-refractivity contribution in [3.05, 3.63) is 75.2 Å². The lowest BCUT2D eigenvalue weighted by molar-refractivity contribution is -0.384. The minimum absolute atomic E-state index is 0.00888. The number of benzene rings is 2. The van der Waals surface area contributed by atoms with Gasteiger partial charge < -0.3 is 15.4 Å². The first-order valence-electron chi connectivity index (χ1n) is 9.09. The molecule has 0 fully saturated rings. The summed E-state index contributed by atoms with van der Waals surface area (Å²) in [6, 6.07) is 15.5. The van der Waals surface area contributed by atoms with Crippen LogP contribution in [0.3, 0.4) is 0 Å². The van der Waals surface area contributed by atoms with E-state index in [2.05, 4.69) is 10.6 Å². The lowest BCUT2D eigenvalue weighted by Gasteiger charge is -2.12. The van der Waals surface area contributed by atoms with Gasteiger partial charge in [0.2, 0.25) is 0 Å². The van der Waals surface area contributed by atoms with Crippen molar-refractivity contribution in [2.75, 3.05) is 17.2 Å². The molecule has 3 rings (SSSR count). The number of carbonyl (C=O) groups is 1. The van der Waals surface area contributed by atoms with E-state index in [0.29, 0.717) is 16.3 Å². The summed E-state index contributed by atoms with van der Waals surface area (Å²) in [4.78, 5) is 24.0. The number of esters is 1. The summed E-state index contributed by atoms with van der Waals surface area (Å²) in [5.41, 5.74) is 2.73. The highest BCUT2D eigenvalue weighted by Gasteiger charge is 2.25. The van der Waals surface area contributed by atoms with Gasteiger partial charge in [-0.2, -0.15) is 0 Å². The molecule has 3 aromatic rings. The number of aryl methyl sites for hydroxylation is 1. The molecule has 0 saturated heterocycles. The minimum Gasteiger partial charge on any atom is -0.462 e. The van der Waals surface area contributed by atoms with Gasteiger partial charge in [0.15, 0.2) is 5.11 Å². The molecular weight excluding hydrogens is 422 g/mol. The second kappa shape index (κ2) is 9.47. The van der Waals surface area contributed by atoms with Gasteiger partial charge in [0.25, 0.3) is 5.69 Å². The first kappa shape index (κ1) is 21.4. The normalized spacial score (nSPS) is 10.3. The van der Waals surface area contributed by atoms with Crippen LogP contribution in [0.1, 0.15) is 22.2 Å². The molecule has 154 valence electrons. The Morgan fingerprint density at radius 2 is 1.80 bits per heavy atom. The predicted molar refractivity (Wildman–Crippen MR) is 123 cm³/mol. The van der Waals surface area contributed by atoms with E-state index in [9.17, 15) is 14.9 Å². The van der Waals surface area contributed by atoms with Crippen molar-refractivity contribution >= 4 is 51.0 Å². The number of hydrogen-bond acceptors (Lipinski definition) is 6. The molecule has 0 amide bonds. The maximum atomic E-state index is 12.7. The van der Waals surface area contributed by atoms with E-state index in [1.54, 1.807) is 19.1 Å². The Morgan fingerprint density at radius 3 is 2.40 bits per heavy atom. The number of nitrogens with zero attached hydrogens (tertiary/aromatic N) is 1. The number of thiophene rings is 1. The second-order valence-corrected chi connectivity index (χ2v) is 7.84. The van der Waals surface area contributed by atoms with Gasteiger partial charge in [0.05, 0.1) is 11.5 Å². The number of nitrogens with one attached hydrogen (secondary N) is 2. The number of nitro benzene ring substituents is 1. The number of rotatable bonds is 6. The zero-order valence-corrected chi connectivity index (χ0v) is 17.9. The van der Waals surface area contributed by atoms with E-state index in [-0.39, 0.29) is 17.4 Å². The maximum Gasteiger partial charge on any atom is 0.341 e. The van der Waals surface area contributed by atoms with Gasteiger partial charge in [-0.15, -0.1) is 11.3 Å². The van der Waals surface area contributed by atoms with Gasteiger partial charge in [-0.3, -0.25) is 10.1 Å². The molecule has 2 N–H and O–H groups in total. The molecule has 0 aliphatic carbocycles. The zero-order valence-electron chi connectivity index (χ0n) is 16.3. The van der Waals surface area contributed by atoms with Crippen molar-refractivity contribution in [1.82, 2.24) is 0 Å². The van der Waals surface area contributed by atoms with E-state index < -0.39 is 10.9 Å². The number of ether oxygens (including phenoxy) is 1. The maximum absolute atomic E-state index is 12.7. The molecule has 9 heteroatoms. The third kappa shape index (κ3) is 4.81. The van der Waals surface area contributed by atoms with Gasteiger partial charge >= 0.3 is 5.97 Å². The van der Waals surface area contributed by atoms with Crippen LogP contribution in [0.4, 0.5) is 16.4 Å². The van der Waals surface area contributed by atoms with E-state index in [1.165, 1.54) is 23.5 Å². The Bertz CT molecular complexity index is 1080. The first-order valence-corrected chi connectivity index (χ1v) is 10.3. The molecule has 0 aliphatic rings. The Morgan fingerprint density at radius 1 is 1.13 bits per heavy atom. The van der Waals surface area contributed by atoms with E-state index in [1.807, 2.05) is 37.3 Å². The van der Waals surface area contributed by atoms with Crippen molar-refractivity contribution in [3.8, 4) is 11.1 Å². The summed E-state index contributed by atoms with van der Waals surface area (Å²) in [5.74, 6) is -0.429. The van der Waals surface area contributed by atoms with Gasteiger partial charge in [-0.25, -0.2) is 4.79 Å². The predicted octanol–water partition coefficient (Wildman–Crippen LogP) is 5.62. The summed E-state index contributed by atoms with van der Waals surface area (Å²) in [6.45, 7) is 3.95. The van der Waals surface area contributed by atoms with Crippen LogP contribution in [0, 0.1) is 17.0 Å². The topological polar surface area (TPSA) is 93.5 Å². The van der Waals surface area contributed by atoms with Crippen LogP contribution < -0.4 is 10.6 Å². The Labute approximate surface area is 182 Å². The number of hydrogen-bond donors (Lipinski definition) is 2. The molecule has 2 aromatic carbocycles. The molecule has 1 aromatic heterocycles. The average Bonchev–Trinajstić information content (AvgIpc) is 3.04. The summed E-state index contributed by atoms with van der Waals surface area (Å²) in [7, 11) is 0. The van der Waals surface area contributed by atoms with Gasteiger partial charge in [-0.1, -0.05) is 30.3 Å². The van der Waals surface area contributed by atoms with Crippen molar-refractivity contribution in [1.29, 1.82) is 0 Å². The third-order valence-corrected chi connectivity index (χ3v) is 5.41. The zero-order chi connectivity index (χ0) is 21.7. The molecule has 0 aliphatic heterocycles. The lowest BCUT2D eigenvalue weighted by atomic mass is 10.0. The first-order chi connectivity index (χ1) is 14.4. The highest BCUT2D eigenvalue weighted by molar-refractivity contribution is 7.80. The molecule has 0 spiro atoms. The molecule has 0 saturated carbocycles. The molecule has 30 heavy (non-hydrogen) atoms. The number of thiocarbonyl (C=S) groups is 1. The molecular formula is C21H19N3O4S2. The van der Waals surface area contributed by atoms with Crippen LogP contribution in [0.2, 0.25) is 0 Å². The molecule has 0 unspecified atom stereocenters. The third-order valence-electron chi connectivity index (χ3n) is 4.19. The van der Waals surface area contributed by atoms with Crippen molar-refractivity contribution < 1.29 is 14.5 Å². The van der Waals surface area contributed by atoms with Crippen molar-refractivity contribution in [3.63, 3.8) is 0 Å². The molecule has 1 heterocycles. The fourth-order valence-electron chi connectivity index (χ4n) is 2.92. The highest BCUT2D eigenvalue weighted by Crippen LogP contribution is 2.40. The number of nitro groups is 1. The highest BCUT2D eigenvalue weighted by atomic mass is 32.1. The molecule has 0 atom stereocenters. The van der Waals surface area contributed by atoms with E-state index in [0.717, 1.165) is 16.0 Å². The smallest absolute Gasteiger partial charge is 0.341 e. The van der Waals surface area contributed by atoms with Crippen LogP contribution in [0.5, 0.6) is 0 Å². The van der Waals surface area contributed by atoms with Crippen LogP contribution >= 0.6 is 23.6 Å². The Balaban J connectivity index is 1.88. The number of non-ortho nitro benzene ring substituents is 1. The molecule has 7 nitrogen and oxygen atoms in total. The van der Waals surface area contributed by atoms with Crippen molar-refractivity contribution in [2.45, 2.75) is 13.8 Å². The molecule has 0 bridgehead atoms. The molecule has 0 radical (unpaired) electrons. The standard InChI is InChI=1S/C21H19N3O4S2/c1-3-28-20(25)18-17(14-7-5-4-6-8-14)13(2)30-19(18)23-21(29)22-15-9-11-16(12-10-15)24(26)27/h4-12H,3H2,1-2H3,(H2,22,23,29). The quantitative estimate of drug-likeness (QED) is 0.222. The van der Waals surface area contributed by atoms with Gasteiger partial charge in [0.1, 0.15) is 10.6 Å². The van der Waals surface area contributed by atoms with Gasteiger partial charge in [-0.05, 0) is 43.8 Å². The van der Waals surface area contributed by atoms with Crippen LogP contribution in [-0.2, 0) is 4.74 Å². The SMILES string of the molecule is CCOC(=O)c1c(NC(=S)Nc2ccc([N+](=O)[O-])cc2)sc(C)c1-c1ccccc1. The minimum atomic E-state index is -0.467. The van der Waals surface area contributed by atoms with E-state index >= 15 is 0 Å². The summed E-state index contributed by atoms with van der Waals surface area (Å²) in [6.07, 6.45) is 0. The van der Waals surface area contributed by atoms with E-state index in [4.69, 9.17) is 17.0 Å². The largest absolute Gasteiger partial charge is 0.462 e. The van der Waals surface area contributed by atoms with Crippen LogP contribution in [0.25, 0.3) is 11.1 Å². The lowest BCUT2D eigenvalue weighted by Crippen LogP contribution is -2.20. The monoisotopic (exact) mass is 441 g/mol.